The molecule has 1 aromatic rings. The molecule has 0 bridgehead atoms. The lowest BCUT2D eigenvalue weighted by Crippen LogP contribution is -2.28. The summed E-state index contributed by atoms with van der Waals surface area (Å²) in [4.78, 5) is 2.42. The minimum atomic E-state index is 0.168. The third-order valence-electron chi connectivity index (χ3n) is 3.60. The summed E-state index contributed by atoms with van der Waals surface area (Å²) in [6.07, 6.45) is 2.25. The van der Waals surface area contributed by atoms with Gasteiger partial charge in [0.25, 0.3) is 0 Å². The summed E-state index contributed by atoms with van der Waals surface area (Å²) in [5, 5.41) is 3.44. The number of ether oxygens (including phenoxy) is 2. The van der Waals surface area contributed by atoms with Crippen molar-refractivity contribution < 1.29 is 9.47 Å². The van der Waals surface area contributed by atoms with E-state index in [1.807, 2.05) is 6.07 Å². The van der Waals surface area contributed by atoms with Gasteiger partial charge in [0.1, 0.15) is 5.75 Å². The van der Waals surface area contributed by atoms with Gasteiger partial charge in [0, 0.05) is 39.8 Å². The first kappa shape index (κ1) is 15.1. The van der Waals surface area contributed by atoms with E-state index < -0.39 is 0 Å². The second-order valence-electron chi connectivity index (χ2n) is 5.27. The second kappa shape index (κ2) is 8.12. The average Bonchev–Trinajstić information content (AvgIpc) is 2.75. The SMILES string of the molecule is COCCC(C)Oc1ccccc1N1CCCNCC1. The summed E-state index contributed by atoms with van der Waals surface area (Å²) >= 11 is 0. The smallest absolute Gasteiger partial charge is 0.142 e. The van der Waals surface area contributed by atoms with Crippen molar-refractivity contribution >= 4 is 5.69 Å². The Morgan fingerprint density at radius 3 is 2.95 bits per heavy atom. The van der Waals surface area contributed by atoms with Gasteiger partial charge < -0.3 is 19.7 Å². The molecule has 1 N–H and O–H groups in total. The fourth-order valence-corrected chi connectivity index (χ4v) is 2.46. The molecular formula is C16H26N2O2. The van der Waals surface area contributed by atoms with E-state index in [-0.39, 0.29) is 6.10 Å². The molecule has 1 fully saturated rings. The molecule has 1 aliphatic rings. The highest BCUT2D eigenvalue weighted by Crippen LogP contribution is 2.29. The topological polar surface area (TPSA) is 33.7 Å². The molecule has 1 unspecified atom stereocenters. The lowest BCUT2D eigenvalue weighted by molar-refractivity contribution is 0.135. The van der Waals surface area contributed by atoms with E-state index in [0.29, 0.717) is 0 Å². The van der Waals surface area contributed by atoms with Crippen LogP contribution >= 0.6 is 0 Å². The predicted octanol–water partition coefficient (Wildman–Crippen LogP) is 2.29. The van der Waals surface area contributed by atoms with Crippen molar-refractivity contribution in [1.82, 2.24) is 5.32 Å². The van der Waals surface area contributed by atoms with Crippen molar-refractivity contribution in [2.45, 2.75) is 25.9 Å². The molecule has 2 rings (SSSR count). The molecule has 0 aromatic heterocycles. The Balaban J connectivity index is 2.04. The minimum Gasteiger partial charge on any atom is -0.488 e. The maximum absolute atomic E-state index is 6.10. The number of para-hydroxylation sites is 2. The fraction of sp³-hybridized carbons (Fsp3) is 0.625. The van der Waals surface area contributed by atoms with Crippen molar-refractivity contribution in [1.29, 1.82) is 0 Å². The molecule has 0 saturated carbocycles. The summed E-state index contributed by atoms with van der Waals surface area (Å²) in [6, 6.07) is 8.35. The van der Waals surface area contributed by atoms with Crippen molar-refractivity contribution in [3.8, 4) is 5.75 Å². The molecule has 0 spiro atoms. The zero-order valence-electron chi connectivity index (χ0n) is 12.6. The van der Waals surface area contributed by atoms with Crippen LogP contribution in [0.4, 0.5) is 5.69 Å². The van der Waals surface area contributed by atoms with Crippen molar-refractivity contribution in [3.63, 3.8) is 0 Å². The quantitative estimate of drug-likeness (QED) is 0.865. The molecule has 1 aromatic carbocycles. The van der Waals surface area contributed by atoms with E-state index in [9.17, 15) is 0 Å². The third kappa shape index (κ3) is 4.39. The van der Waals surface area contributed by atoms with Crippen LogP contribution in [0.1, 0.15) is 19.8 Å². The van der Waals surface area contributed by atoms with Gasteiger partial charge in [-0.15, -0.1) is 0 Å². The van der Waals surface area contributed by atoms with Gasteiger partial charge in [-0.1, -0.05) is 12.1 Å². The van der Waals surface area contributed by atoms with Crippen LogP contribution in [0.15, 0.2) is 24.3 Å². The second-order valence-corrected chi connectivity index (χ2v) is 5.27. The molecule has 20 heavy (non-hydrogen) atoms. The van der Waals surface area contributed by atoms with Gasteiger partial charge in [-0.05, 0) is 32.0 Å². The molecule has 4 heteroatoms. The van der Waals surface area contributed by atoms with E-state index >= 15 is 0 Å². The van der Waals surface area contributed by atoms with E-state index in [1.165, 1.54) is 12.1 Å². The summed E-state index contributed by atoms with van der Waals surface area (Å²) in [5.74, 6) is 0.984. The van der Waals surface area contributed by atoms with Crippen LogP contribution in [0.25, 0.3) is 0 Å². The number of nitrogens with zero attached hydrogens (tertiary/aromatic N) is 1. The van der Waals surface area contributed by atoms with E-state index in [2.05, 4.69) is 35.3 Å². The minimum absolute atomic E-state index is 0.168. The van der Waals surface area contributed by atoms with Crippen molar-refractivity contribution in [3.05, 3.63) is 24.3 Å². The first-order valence-electron chi connectivity index (χ1n) is 7.51. The maximum Gasteiger partial charge on any atom is 0.142 e. The van der Waals surface area contributed by atoms with Gasteiger partial charge >= 0.3 is 0 Å². The van der Waals surface area contributed by atoms with Crippen LogP contribution in [0.2, 0.25) is 0 Å². The molecular weight excluding hydrogens is 252 g/mol. The Morgan fingerprint density at radius 2 is 2.10 bits per heavy atom. The van der Waals surface area contributed by atoms with Crippen LogP contribution in [0.5, 0.6) is 5.75 Å². The van der Waals surface area contributed by atoms with Crippen LogP contribution in [-0.4, -0.2) is 46.0 Å². The first-order chi connectivity index (χ1) is 9.81. The standard InChI is InChI=1S/C16H26N2O2/c1-14(8-13-19-2)20-16-7-4-3-6-15(16)18-11-5-9-17-10-12-18/h3-4,6-7,14,17H,5,8-13H2,1-2H3. The molecule has 1 aliphatic heterocycles. The van der Waals surface area contributed by atoms with Crippen LogP contribution in [0, 0.1) is 0 Å². The van der Waals surface area contributed by atoms with Gasteiger partial charge in [-0.2, -0.15) is 0 Å². The van der Waals surface area contributed by atoms with Crippen molar-refractivity contribution in [2.24, 2.45) is 0 Å². The predicted molar refractivity (Wildman–Crippen MR) is 82.7 cm³/mol. The van der Waals surface area contributed by atoms with Crippen LogP contribution < -0.4 is 15.0 Å². The number of anilines is 1. The Morgan fingerprint density at radius 1 is 1.25 bits per heavy atom. The highest BCUT2D eigenvalue weighted by Gasteiger charge is 2.15. The lowest BCUT2D eigenvalue weighted by Gasteiger charge is -2.26. The highest BCUT2D eigenvalue weighted by atomic mass is 16.5. The summed E-state index contributed by atoms with van der Waals surface area (Å²) in [5.41, 5.74) is 1.21. The summed E-state index contributed by atoms with van der Waals surface area (Å²) in [7, 11) is 1.73. The van der Waals surface area contributed by atoms with Crippen LogP contribution in [0.3, 0.4) is 0 Å². The van der Waals surface area contributed by atoms with Gasteiger partial charge in [-0.3, -0.25) is 0 Å². The van der Waals surface area contributed by atoms with E-state index in [4.69, 9.17) is 9.47 Å². The van der Waals surface area contributed by atoms with Crippen molar-refractivity contribution in [2.75, 3.05) is 44.8 Å². The van der Waals surface area contributed by atoms with Gasteiger partial charge in [0.15, 0.2) is 0 Å². The summed E-state index contributed by atoms with van der Waals surface area (Å²) < 4.78 is 11.2. The number of hydrogen-bond acceptors (Lipinski definition) is 4. The molecule has 112 valence electrons. The molecule has 1 heterocycles. The lowest BCUT2D eigenvalue weighted by atomic mass is 10.2. The number of nitrogens with one attached hydrogen (secondary N) is 1. The number of methoxy groups -OCH3 is 1. The Hall–Kier alpha value is -1.26. The van der Waals surface area contributed by atoms with Crippen LogP contribution in [-0.2, 0) is 4.74 Å². The molecule has 0 aliphatic carbocycles. The Kier molecular flexibility index (Phi) is 6.15. The Labute approximate surface area is 122 Å². The first-order valence-corrected chi connectivity index (χ1v) is 7.51. The van der Waals surface area contributed by atoms with E-state index in [0.717, 1.165) is 45.0 Å². The third-order valence-corrected chi connectivity index (χ3v) is 3.60. The zero-order chi connectivity index (χ0) is 14.2. The molecule has 4 nitrogen and oxygen atoms in total. The van der Waals surface area contributed by atoms with E-state index in [1.54, 1.807) is 7.11 Å². The highest BCUT2D eigenvalue weighted by molar-refractivity contribution is 5.58. The van der Waals surface area contributed by atoms with Gasteiger partial charge in [-0.25, -0.2) is 0 Å². The number of hydrogen-bond donors (Lipinski definition) is 1. The number of benzene rings is 1. The monoisotopic (exact) mass is 278 g/mol. The molecule has 1 saturated heterocycles. The summed E-state index contributed by atoms with van der Waals surface area (Å²) in [6.45, 7) is 7.08. The van der Waals surface area contributed by atoms with Gasteiger partial charge in [0.2, 0.25) is 0 Å². The molecule has 1 atom stereocenters. The average molecular weight is 278 g/mol. The fourth-order valence-electron chi connectivity index (χ4n) is 2.46. The molecule has 0 radical (unpaired) electrons. The number of rotatable bonds is 6. The van der Waals surface area contributed by atoms with Gasteiger partial charge in [0.05, 0.1) is 11.8 Å². The maximum atomic E-state index is 6.10. The zero-order valence-corrected chi connectivity index (χ0v) is 12.6. The Bertz CT molecular complexity index is 390. The normalized spacial score (nSPS) is 17.6. The molecule has 0 amide bonds. The largest absolute Gasteiger partial charge is 0.488 e.